The molecule has 0 aromatic heterocycles. The third kappa shape index (κ3) is 6.61. The smallest absolute Gasteiger partial charge is 0.256 e. The lowest BCUT2D eigenvalue weighted by Gasteiger charge is -2.48. The second-order valence-electron chi connectivity index (χ2n) is 10.3. The van der Waals surface area contributed by atoms with Crippen molar-refractivity contribution in [3.63, 3.8) is 0 Å². The van der Waals surface area contributed by atoms with Gasteiger partial charge in [-0.3, -0.25) is 4.79 Å². The normalized spacial score (nSPS) is 35.8. The Bertz CT molecular complexity index is 717. The number of aliphatic hydroxyl groups is 2. The number of methoxy groups -OCH3 is 4. The van der Waals surface area contributed by atoms with Crippen molar-refractivity contribution in [2.24, 2.45) is 11.3 Å². The van der Waals surface area contributed by atoms with Gasteiger partial charge in [0.1, 0.15) is 6.10 Å². The Morgan fingerprint density at radius 3 is 2.40 bits per heavy atom. The van der Waals surface area contributed by atoms with Gasteiger partial charge < -0.3 is 44.0 Å². The maximum Gasteiger partial charge on any atom is 0.256 e. The first kappa shape index (κ1) is 30.1. The van der Waals surface area contributed by atoms with E-state index < -0.39 is 47.8 Å². The fourth-order valence-corrected chi connectivity index (χ4v) is 4.77. The molecule has 3 N–H and O–H groups in total. The largest absolute Gasteiger partial charge is 0.392 e. The highest BCUT2D eigenvalue weighted by atomic mass is 16.7. The summed E-state index contributed by atoms with van der Waals surface area (Å²) in [6, 6.07) is 0. The molecule has 1 amide bonds. The number of hydrogen-bond donors (Lipinski definition) is 3. The summed E-state index contributed by atoms with van der Waals surface area (Å²) >= 11 is 0. The molecule has 2 heterocycles. The number of ether oxygens (including phenoxy) is 6. The molecule has 204 valence electrons. The van der Waals surface area contributed by atoms with Crippen LogP contribution in [0.3, 0.4) is 0 Å². The summed E-state index contributed by atoms with van der Waals surface area (Å²) in [6.45, 7) is 12.1. The van der Waals surface area contributed by atoms with Crippen LogP contribution < -0.4 is 5.32 Å². The van der Waals surface area contributed by atoms with E-state index in [1.165, 1.54) is 14.2 Å². The Morgan fingerprint density at radius 2 is 1.89 bits per heavy atom. The van der Waals surface area contributed by atoms with Crippen LogP contribution in [0, 0.1) is 11.3 Å². The van der Waals surface area contributed by atoms with Gasteiger partial charge in [0.25, 0.3) is 5.91 Å². The standard InChI is InChI=1S/C25H45NO9/c1-14-12-25(33-9,35-16(3)15(14)2)21(28)22(29)26-23(32-8)18-11-19(27)24(4,5)20(34-18)10-17(31-7)13-30-6/h15-21,23,27-28H,1,10-13H2,2-9H3,(H,26,29)/t15-,16-,17?,18+,19-,20-,21?,23+,25-/m1/s1. The maximum absolute atomic E-state index is 13.1. The molecule has 0 bridgehead atoms. The average Bonchev–Trinajstić information content (AvgIpc) is 2.82. The minimum absolute atomic E-state index is 0.0618. The molecule has 0 aliphatic carbocycles. The van der Waals surface area contributed by atoms with Crippen LogP contribution >= 0.6 is 0 Å². The average molecular weight is 504 g/mol. The molecular formula is C25H45NO9. The van der Waals surface area contributed by atoms with E-state index in [4.69, 9.17) is 28.4 Å². The Morgan fingerprint density at radius 1 is 1.23 bits per heavy atom. The van der Waals surface area contributed by atoms with E-state index in [0.29, 0.717) is 13.0 Å². The highest BCUT2D eigenvalue weighted by molar-refractivity contribution is 5.82. The molecule has 10 heteroatoms. The van der Waals surface area contributed by atoms with Crippen LogP contribution in [-0.4, -0.2) is 99.8 Å². The number of carbonyl (C=O) groups is 1. The highest BCUT2D eigenvalue weighted by Crippen LogP contribution is 2.41. The van der Waals surface area contributed by atoms with Crippen LogP contribution in [0.15, 0.2) is 12.2 Å². The second kappa shape index (κ2) is 12.4. The van der Waals surface area contributed by atoms with Gasteiger partial charge in [0.15, 0.2) is 12.3 Å². The zero-order valence-corrected chi connectivity index (χ0v) is 22.4. The van der Waals surface area contributed by atoms with Gasteiger partial charge in [0.05, 0.1) is 31.0 Å². The Labute approximate surface area is 209 Å². The fraction of sp³-hybridized carbons (Fsp3) is 0.880. The van der Waals surface area contributed by atoms with Crippen LogP contribution in [0.25, 0.3) is 0 Å². The third-order valence-corrected chi connectivity index (χ3v) is 7.74. The summed E-state index contributed by atoms with van der Waals surface area (Å²) in [5.74, 6) is -2.23. The summed E-state index contributed by atoms with van der Waals surface area (Å²) in [6.07, 6.45) is -3.97. The van der Waals surface area contributed by atoms with Crippen molar-refractivity contribution in [2.45, 2.75) is 95.6 Å². The van der Waals surface area contributed by atoms with E-state index in [1.54, 1.807) is 14.2 Å². The first-order valence-corrected chi connectivity index (χ1v) is 12.1. The van der Waals surface area contributed by atoms with Crippen LogP contribution in [0.1, 0.15) is 47.0 Å². The quantitative estimate of drug-likeness (QED) is 0.283. The van der Waals surface area contributed by atoms with Crippen molar-refractivity contribution in [1.82, 2.24) is 5.32 Å². The van der Waals surface area contributed by atoms with Gasteiger partial charge in [-0.1, -0.05) is 32.9 Å². The van der Waals surface area contributed by atoms with E-state index in [1.807, 2.05) is 27.7 Å². The molecule has 0 aromatic rings. The van der Waals surface area contributed by atoms with E-state index in [9.17, 15) is 15.0 Å². The summed E-state index contributed by atoms with van der Waals surface area (Å²) in [5, 5.41) is 24.6. The van der Waals surface area contributed by atoms with Gasteiger partial charge in [-0.05, 0) is 6.92 Å². The number of rotatable bonds is 11. The van der Waals surface area contributed by atoms with Crippen molar-refractivity contribution in [1.29, 1.82) is 0 Å². The molecular weight excluding hydrogens is 458 g/mol. The molecule has 0 spiro atoms. The summed E-state index contributed by atoms with van der Waals surface area (Å²) in [4.78, 5) is 13.1. The predicted octanol–water partition coefficient (Wildman–Crippen LogP) is 1.38. The topological polar surface area (TPSA) is 125 Å². The monoisotopic (exact) mass is 503 g/mol. The van der Waals surface area contributed by atoms with E-state index in [0.717, 1.165) is 5.57 Å². The van der Waals surface area contributed by atoms with Gasteiger partial charge in [-0.25, -0.2) is 0 Å². The second-order valence-corrected chi connectivity index (χ2v) is 10.3. The molecule has 2 aliphatic rings. The number of hydrogen-bond acceptors (Lipinski definition) is 9. The summed E-state index contributed by atoms with van der Waals surface area (Å²) < 4.78 is 34.1. The van der Waals surface area contributed by atoms with Crippen LogP contribution in [0.2, 0.25) is 0 Å². The zero-order valence-electron chi connectivity index (χ0n) is 22.4. The van der Waals surface area contributed by atoms with Crippen molar-refractivity contribution in [3.05, 3.63) is 12.2 Å². The van der Waals surface area contributed by atoms with E-state index in [2.05, 4.69) is 11.9 Å². The molecule has 35 heavy (non-hydrogen) atoms. The number of nitrogens with one attached hydrogen (secondary N) is 1. The minimum Gasteiger partial charge on any atom is -0.392 e. The Balaban J connectivity index is 2.16. The zero-order chi connectivity index (χ0) is 26.6. The van der Waals surface area contributed by atoms with Gasteiger partial charge in [-0.2, -0.15) is 0 Å². The molecule has 2 fully saturated rings. The SMILES string of the molecule is C=C1C[C@](OC)(C(O)C(=O)N[C@@H](OC)[C@@H]2C[C@@H](O)C(C)(C)[C@@H](CC(COC)OC)O2)O[C@H](C)[C@@H]1C. The first-order valence-electron chi connectivity index (χ1n) is 12.1. The van der Waals surface area contributed by atoms with Crippen LogP contribution in [-0.2, 0) is 33.2 Å². The van der Waals surface area contributed by atoms with Gasteiger partial charge in [-0.15, -0.1) is 0 Å². The minimum atomic E-state index is -1.64. The summed E-state index contributed by atoms with van der Waals surface area (Å²) in [5.41, 5.74) is 0.264. The lowest BCUT2D eigenvalue weighted by Crippen LogP contribution is -2.62. The molecule has 0 aromatic carbocycles. The lowest BCUT2D eigenvalue weighted by atomic mass is 9.74. The van der Waals surface area contributed by atoms with Gasteiger partial charge in [0, 0.05) is 59.0 Å². The maximum atomic E-state index is 13.1. The molecule has 2 unspecified atom stereocenters. The first-order chi connectivity index (χ1) is 16.4. The predicted molar refractivity (Wildman–Crippen MR) is 129 cm³/mol. The van der Waals surface area contributed by atoms with Crippen molar-refractivity contribution in [3.8, 4) is 0 Å². The number of amides is 1. The highest BCUT2D eigenvalue weighted by Gasteiger charge is 2.51. The van der Waals surface area contributed by atoms with E-state index in [-0.39, 0.29) is 31.0 Å². The van der Waals surface area contributed by atoms with Crippen molar-refractivity contribution in [2.75, 3.05) is 35.0 Å². The van der Waals surface area contributed by atoms with Gasteiger partial charge >= 0.3 is 0 Å². The number of aliphatic hydroxyl groups excluding tert-OH is 2. The molecule has 0 radical (unpaired) electrons. The molecule has 2 saturated heterocycles. The lowest BCUT2D eigenvalue weighted by molar-refractivity contribution is -0.298. The van der Waals surface area contributed by atoms with Crippen molar-refractivity contribution < 1.29 is 43.4 Å². The third-order valence-electron chi connectivity index (χ3n) is 7.74. The fourth-order valence-electron chi connectivity index (χ4n) is 4.77. The molecule has 10 nitrogen and oxygen atoms in total. The van der Waals surface area contributed by atoms with Crippen molar-refractivity contribution >= 4 is 5.91 Å². The molecule has 9 atom stereocenters. The summed E-state index contributed by atoms with van der Waals surface area (Å²) in [7, 11) is 6.01. The molecule has 0 saturated carbocycles. The van der Waals surface area contributed by atoms with Gasteiger partial charge in [0.2, 0.25) is 5.79 Å². The Hall–Kier alpha value is -1.11. The van der Waals surface area contributed by atoms with Crippen LogP contribution in [0.5, 0.6) is 0 Å². The number of carbonyl (C=O) groups excluding carboxylic acids is 1. The molecule has 2 aliphatic heterocycles. The molecule has 2 rings (SSSR count). The van der Waals surface area contributed by atoms with Crippen LogP contribution in [0.4, 0.5) is 0 Å². The van der Waals surface area contributed by atoms with E-state index >= 15 is 0 Å². The Kier molecular flexibility index (Phi) is 10.7.